The maximum absolute atomic E-state index is 12.8. The maximum Gasteiger partial charge on any atom is 0.329 e. The molecule has 3 amide bonds. The third-order valence-electron chi connectivity index (χ3n) is 6.44. The van der Waals surface area contributed by atoms with Crippen molar-refractivity contribution in [3.05, 3.63) is 35.4 Å². The molecule has 1 aromatic carbocycles. The maximum atomic E-state index is 12.8. The first-order chi connectivity index (χ1) is 12.5. The van der Waals surface area contributed by atoms with Gasteiger partial charge in [0.15, 0.2) is 6.67 Å². The molecule has 1 atom stereocenters. The largest absolute Gasteiger partial charge is 0.329 e. The minimum Gasteiger partial charge on any atom is -0.323 e. The minimum absolute atomic E-state index is 0.0211. The number of carbonyl (C=O) groups excluding carboxylic acids is 2. The van der Waals surface area contributed by atoms with Gasteiger partial charge in [0, 0.05) is 5.56 Å². The van der Waals surface area contributed by atoms with Crippen LogP contribution in [0.25, 0.3) is 0 Å². The lowest BCUT2D eigenvalue weighted by molar-refractivity contribution is -1.02. The molecule has 3 N–H and O–H groups in total. The summed E-state index contributed by atoms with van der Waals surface area (Å²) in [5, 5.41) is 2.95. The normalized spacial score (nSPS) is 32.0. The van der Waals surface area contributed by atoms with E-state index in [1.165, 1.54) is 20.9 Å². The molecule has 2 aliphatic heterocycles. The molecular formula is C20H30N4O2+2. The molecule has 3 aliphatic rings. The van der Waals surface area contributed by atoms with Crippen LogP contribution in [0.4, 0.5) is 4.79 Å². The first kappa shape index (κ1) is 17.5. The van der Waals surface area contributed by atoms with Gasteiger partial charge in [-0.2, -0.15) is 0 Å². The highest BCUT2D eigenvalue weighted by Gasteiger charge is 2.56. The monoisotopic (exact) mass is 358 g/mol. The van der Waals surface area contributed by atoms with E-state index in [4.69, 9.17) is 0 Å². The van der Waals surface area contributed by atoms with Crippen molar-refractivity contribution in [1.82, 2.24) is 10.2 Å². The van der Waals surface area contributed by atoms with Crippen LogP contribution in [-0.4, -0.2) is 55.2 Å². The molecule has 6 nitrogen and oxygen atoms in total. The Hall–Kier alpha value is -1.92. The quantitative estimate of drug-likeness (QED) is 0.589. The number of urea groups is 1. The van der Waals surface area contributed by atoms with Crippen molar-refractivity contribution in [3.8, 4) is 0 Å². The van der Waals surface area contributed by atoms with E-state index in [1.807, 2.05) is 6.92 Å². The number of nitrogens with one attached hydrogen (secondary N) is 3. The van der Waals surface area contributed by atoms with Crippen molar-refractivity contribution < 1.29 is 19.4 Å². The van der Waals surface area contributed by atoms with E-state index >= 15 is 0 Å². The summed E-state index contributed by atoms with van der Waals surface area (Å²) >= 11 is 0. The highest BCUT2D eigenvalue weighted by atomic mass is 16.2. The summed E-state index contributed by atoms with van der Waals surface area (Å²) in [5.74, 6) is 0.307. The molecule has 2 saturated heterocycles. The second kappa shape index (κ2) is 6.67. The van der Waals surface area contributed by atoms with Crippen LogP contribution in [0.3, 0.4) is 0 Å². The average Bonchev–Trinajstić information content (AvgIpc) is 3.45. The third-order valence-corrected chi connectivity index (χ3v) is 6.44. The highest BCUT2D eigenvalue weighted by Crippen LogP contribution is 2.42. The van der Waals surface area contributed by atoms with Gasteiger partial charge in [-0.15, -0.1) is 0 Å². The molecule has 0 spiro atoms. The molecule has 26 heavy (non-hydrogen) atoms. The number of benzene rings is 1. The highest BCUT2D eigenvalue weighted by molar-refractivity contribution is 6.07. The van der Waals surface area contributed by atoms with E-state index in [-0.39, 0.29) is 11.9 Å². The van der Waals surface area contributed by atoms with Gasteiger partial charge in [-0.25, -0.2) is 9.69 Å². The fraction of sp³-hybridized carbons (Fsp3) is 0.600. The van der Waals surface area contributed by atoms with Crippen molar-refractivity contribution in [1.29, 1.82) is 0 Å². The van der Waals surface area contributed by atoms with Crippen molar-refractivity contribution in [2.75, 3.05) is 32.8 Å². The van der Waals surface area contributed by atoms with Gasteiger partial charge < -0.3 is 15.1 Å². The molecular weight excluding hydrogens is 328 g/mol. The molecule has 4 rings (SSSR count). The topological polar surface area (TPSA) is 58.3 Å². The van der Waals surface area contributed by atoms with Crippen LogP contribution in [0.5, 0.6) is 0 Å². The Bertz CT molecular complexity index is 710. The van der Waals surface area contributed by atoms with Crippen LogP contribution in [0.2, 0.25) is 0 Å². The molecule has 1 saturated carbocycles. The van der Waals surface area contributed by atoms with E-state index < -0.39 is 5.54 Å². The average molecular weight is 358 g/mol. The molecule has 140 valence electrons. The Labute approximate surface area is 155 Å². The van der Waals surface area contributed by atoms with Gasteiger partial charge in [0.2, 0.25) is 0 Å². The number of carbonyl (C=O) groups is 2. The summed E-state index contributed by atoms with van der Waals surface area (Å²) in [4.78, 5) is 29.5. The Morgan fingerprint density at radius 1 is 1.12 bits per heavy atom. The number of piperazine rings is 1. The standard InChI is InChI=1S/C20H28N4O2/c1-15-5-3-4-6-16(15)13-22-9-11-23(12-10-22)14-24-18(25)20(2,17-7-8-17)21-19(24)26/h3-6,17H,7-14H2,1-2H3,(H,21,26)/p+2/t20-/m0/s1. The van der Waals surface area contributed by atoms with Crippen LogP contribution in [0, 0.1) is 12.8 Å². The number of hydrogen-bond acceptors (Lipinski definition) is 2. The van der Waals surface area contributed by atoms with Gasteiger partial charge in [-0.3, -0.25) is 4.79 Å². The van der Waals surface area contributed by atoms with E-state index in [1.54, 1.807) is 4.90 Å². The van der Waals surface area contributed by atoms with Gasteiger partial charge >= 0.3 is 6.03 Å². The van der Waals surface area contributed by atoms with Gasteiger partial charge in [0.25, 0.3) is 5.91 Å². The zero-order valence-corrected chi connectivity index (χ0v) is 15.8. The molecule has 0 radical (unpaired) electrons. The van der Waals surface area contributed by atoms with Crippen molar-refractivity contribution >= 4 is 11.9 Å². The van der Waals surface area contributed by atoms with Crippen LogP contribution >= 0.6 is 0 Å². The number of imide groups is 1. The summed E-state index contributed by atoms with van der Waals surface area (Å²) < 4.78 is 0. The summed E-state index contributed by atoms with van der Waals surface area (Å²) in [6, 6.07) is 8.38. The number of amides is 3. The van der Waals surface area contributed by atoms with Crippen LogP contribution in [0.1, 0.15) is 30.9 Å². The van der Waals surface area contributed by atoms with E-state index in [9.17, 15) is 9.59 Å². The Morgan fingerprint density at radius 2 is 1.77 bits per heavy atom. The molecule has 1 aliphatic carbocycles. The van der Waals surface area contributed by atoms with Crippen LogP contribution < -0.4 is 15.1 Å². The van der Waals surface area contributed by atoms with E-state index in [0.29, 0.717) is 12.6 Å². The number of rotatable bonds is 5. The Kier molecular flexibility index (Phi) is 4.49. The predicted octanol–water partition coefficient (Wildman–Crippen LogP) is -1.04. The number of nitrogens with zero attached hydrogens (tertiary/aromatic N) is 1. The molecule has 3 fully saturated rings. The van der Waals surface area contributed by atoms with E-state index in [0.717, 1.165) is 45.6 Å². The number of hydrogen-bond donors (Lipinski definition) is 3. The molecule has 0 aromatic heterocycles. The third kappa shape index (κ3) is 3.23. The summed E-state index contributed by atoms with van der Waals surface area (Å²) in [7, 11) is 0. The van der Waals surface area contributed by atoms with Gasteiger partial charge in [0.05, 0.1) is 0 Å². The lowest BCUT2D eigenvalue weighted by atomic mass is 9.96. The second-order valence-corrected chi connectivity index (χ2v) is 8.40. The lowest BCUT2D eigenvalue weighted by Crippen LogP contribution is -3.28. The number of quaternary nitrogens is 2. The summed E-state index contributed by atoms with van der Waals surface area (Å²) in [6.07, 6.45) is 2.09. The molecule has 6 heteroatoms. The number of aryl methyl sites for hydroxylation is 1. The zero-order chi connectivity index (χ0) is 18.3. The predicted molar refractivity (Wildman–Crippen MR) is 97.7 cm³/mol. The van der Waals surface area contributed by atoms with Gasteiger partial charge in [0.1, 0.15) is 38.3 Å². The fourth-order valence-corrected chi connectivity index (χ4v) is 4.39. The molecule has 0 bridgehead atoms. The van der Waals surface area contributed by atoms with Crippen molar-refractivity contribution in [2.24, 2.45) is 5.92 Å². The van der Waals surface area contributed by atoms with Gasteiger partial charge in [-0.1, -0.05) is 24.3 Å². The Balaban J connectivity index is 1.31. The first-order valence-electron chi connectivity index (χ1n) is 9.83. The SMILES string of the molecule is Cc1ccccc1C[NH+]1CC[NH+](CN2C(=O)N[C@@](C)(C3CC3)C2=O)CC1. The molecule has 1 aromatic rings. The van der Waals surface area contributed by atoms with E-state index in [2.05, 4.69) is 36.5 Å². The fourth-order valence-electron chi connectivity index (χ4n) is 4.39. The Morgan fingerprint density at radius 3 is 2.42 bits per heavy atom. The zero-order valence-electron chi connectivity index (χ0n) is 15.8. The lowest BCUT2D eigenvalue weighted by Gasteiger charge is -2.31. The van der Waals surface area contributed by atoms with Crippen LogP contribution in [-0.2, 0) is 11.3 Å². The van der Waals surface area contributed by atoms with Crippen molar-refractivity contribution in [2.45, 2.75) is 38.8 Å². The molecule has 2 heterocycles. The smallest absolute Gasteiger partial charge is 0.323 e. The van der Waals surface area contributed by atoms with Crippen LogP contribution in [0.15, 0.2) is 24.3 Å². The molecule has 0 unspecified atom stereocenters. The summed E-state index contributed by atoms with van der Waals surface area (Å²) in [5.41, 5.74) is 2.11. The summed E-state index contributed by atoms with van der Waals surface area (Å²) in [6.45, 7) is 9.78. The minimum atomic E-state index is -0.658. The second-order valence-electron chi connectivity index (χ2n) is 8.40. The first-order valence-corrected chi connectivity index (χ1v) is 9.83. The van der Waals surface area contributed by atoms with Crippen molar-refractivity contribution in [3.63, 3.8) is 0 Å². The van der Waals surface area contributed by atoms with Gasteiger partial charge in [-0.05, 0) is 38.2 Å².